The highest BCUT2D eigenvalue weighted by molar-refractivity contribution is 5.91. The molecule has 1 rings (SSSR count). The van der Waals surface area contributed by atoms with Crippen LogP contribution in [0.25, 0.3) is 0 Å². The monoisotopic (exact) mass is 167 g/mol. The van der Waals surface area contributed by atoms with Gasteiger partial charge in [0.1, 0.15) is 0 Å². The average Bonchev–Trinajstić information content (AvgIpc) is 2.05. The lowest BCUT2D eigenvalue weighted by atomic mass is 10.2. The van der Waals surface area contributed by atoms with Crippen molar-refractivity contribution < 1.29 is 9.53 Å². The standard InChI is InChI=1S/C9H13NO2/c1-7(2)12-9(11)8-4-3-5-10-6-8/h3-4,6-7,10H,5H2,1-2H3. The molecule has 0 aromatic heterocycles. The quantitative estimate of drug-likeness (QED) is 0.623. The Bertz CT molecular complexity index is 229. The van der Waals surface area contributed by atoms with E-state index in [9.17, 15) is 4.79 Å². The number of esters is 1. The molecule has 0 unspecified atom stereocenters. The molecule has 0 bridgehead atoms. The van der Waals surface area contributed by atoms with E-state index in [1.54, 1.807) is 12.3 Å². The Balaban J connectivity index is 2.52. The molecule has 1 heterocycles. The Kier molecular flexibility index (Phi) is 2.91. The number of carbonyl (C=O) groups excluding carboxylic acids is 1. The van der Waals surface area contributed by atoms with Crippen LogP contribution in [0.3, 0.4) is 0 Å². The Morgan fingerprint density at radius 2 is 2.42 bits per heavy atom. The second kappa shape index (κ2) is 3.95. The molecule has 0 radical (unpaired) electrons. The van der Waals surface area contributed by atoms with E-state index in [-0.39, 0.29) is 12.1 Å². The predicted octanol–water partition coefficient (Wildman–Crippen LogP) is 0.981. The number of carbonyl (C=O) groups is 1. The minimum atomic E-state index is -0.270. The molecule has 0 aromatic carbocycles. The van der Waals surface area contributed by atoms with Crippen LogP contribution in [0.15, 0.2) is 23.9 Å². The first kappa shape index (κ1) is 8.84. The van der Waals surface area contributed by atoms with Gasteiger partial charge in [-0.2, -0.15) is 0 Å². The molecule has 66 valence electrons. The largest absolute Gasteiger partial charge is 0.459 e. The SMILES string of the molecule is CC(C)OC(=O)C1=CNCC=C1. The summed E-state index contributed by atoms with van der Waals surface area (Å²) in [4.78, 5) is 11.2. The minimum absolute atomic E-state index is 0.0614. The van der Waals surface area contributed by atoms with Crippen molar-refractivity contribution in [2.75, 3.05) is 6.54 Å². The fourth-order valence-corrected chi connectivity index (χ4v) is 0.880. The first-order valence-corrected chi connectivity index (χ1v) is 4.01. The first-order chi connectivity index (χ1) is 5.70. The molecule has 0 spiro atoms. The third-order valence-electron chi connectivity index (χ3n) is 1.37. The second-order valence-electron chi connectivity index (χ2n) is 2.86. The Morgan fingerprint density at radius 3 is 2.92 bits per heavy atom. The zero-order chi connectivity index (χ0) is 8.97. The van der Waals surface area contributed by atoms with Crippen molar-refractivity contribution >= 4 is 5.97 Å². The van der Waals surface area contributed by atoms with E-state index in [4.69, 9.17) is 4.74 Å². The summed E-state index contributed by atoms with van der Waals surface area (Å²) in [5.74, 6) is -0.270. The average molecular weight is 167 g/mol. The van der Waals surface area contributed by atoms with E-state index in [2.05, 4.69) is 5.32 Å². The van der Waals surface area contributed by atoms with Gasteiger partial charge in [-0.3, -0.25) is 0 Å². The van der Waals surface area contributed by atoms with Gasteiger partial charge in [0.05, 0.1) is 11.7 Å². The zero-order valence-electron chi connectivity index (χ0n) is 7.33. The fraction of sp³-hybridized carbons (Fsp3) is 0.444. The van der Waals surface area contributed by atoms with E-state index in [1.807, 2.05) is 19.9 Å². The van der Waals surface area contributed by atoms with Gasteiger partial charge < -0.3 is 10.1 Å². The molecule has 3 heteroatoms. The molecule has 1 aliphatic rings. The number of rotatable bonds is 2. The highest BCUT2D eigenvalue weighted by atomic mass is 16.5. The van der Waals surface area contributed by atoms with Gasteiger partial charge in [0, 0.05) is 12.7 Å². The van der Waals surface area contributed by atoms with Crippen LogP contribution in [0.5, 0.6) is 0 Å². The van der Waals surface area contributed by atoms with Crippen molar-refractivity contribution in [3.05, 3.63) is 23.9 Å². The summed E-state index contributed by atoms with van der Waals surface area (Å²) in [6.45, 7) is 4.44. The molecule has 0 atom stereocenters. The zero-order valence-corrected chi connectivity index (χ0v) is 7.33. The lowest BCUT2D eigenvalue weighted by Gasteiger charge is -2.10. The van der Waals surface area contributed by atoms with Crippen molar-refractivity contribution in [2.24, 2.45) is 0 Å². The molecule has 0 aromatic rings. The molecule has 1 aliphatic heterocycles. The van der Waals surface area contributed by atoms with Crippen molar-refractivity contribution in [3.63, 3.8) is 0 Å². The van der Waals surface area contributed by atoms with Gasteiger partial charge in [0.15, 0.2) is 0 Å². The third-order valence-corrected chi connectivity index (χ3v) is 1.37. The van der Waals surface area contributed by atoms with Gasteiger partial charge >= 0.3 is 5.97 Å². The number of dihydropyridines is 1. The topological polar surface area (TPSA) is 38.3 Å². The molecular weight excluding hydrogens is 154 g/mol. The van der Waals surface area contributed by atoms with Gasteiger partial charge in [-0.05, 0) is 19.9 Å². The maximum Gasteiger partial charge on any atom is 0.339 e. The van der Waals surface area contributed by atoms with Crippen LogP contribution in [-0.2, 0) is 9.53 Å². The van der Waals surface area contributed by atoms with Gasteiger partial charge in [-0.25, -0.2) is 4.79 Å². The van der Waals surface area contributed by atoms with Gasteiger partial charge in [0.2, 0.25) is 0 Å². The predicted molar refractivity (Wildman–Crippen MR) is 46.5 cm³/mol. The van der Waals surface area contributed by atoms with E-state index in [0.29, 0.717) is 5.57 Å². The Labute approximate surface area is 72.1 Å². The number of hydrogen-bond donors (Lipinski definition) is 1. The summed E-state index contributed by atoms with van der Waals surface area (Å²) < 4.78 is 4.99. The van der Waals surface area contributed by atoms with Crippen molar-refractivity contribution in [1.29, 1.82) is 0 Å². The van der Waals surface area contributed by atoms with Crippen LogP contribution < -0.4 is 5.32 Å². The highest BCUT2D eigenvalue weighted by Crippen LogP contribution is 2.04. The molecule has 0 amide bonds. The smallest absolute Gasteiger partial charge is 0.339 e. The highest BCUT2D eigenvalue weighted by Gasteiger charge is 2.10. The van der Waals surface area contributed by atoms with Crippen LogP contribution in [0.2, 0.25) is 0 Å². The van der Waals surface area contributed by atoms with E-state index >= 15 is 0 Å². The normalized spacial score (nSPS) is 15.4. The van der Waals surface area contributed by atoms with E-state index in [1.165, 1.54) is 0 Å². The molecular formula is C9H13NO2. The molecule has 0 saturated carbocycles. The Morgan fingerprint density at radius 1 is 1.67 bits per heavy atom. The molecule has 0 fully saturated rings. The maximum absolute atomic E-state index is 11.2. The van der Waals surface area contributed by atoms with Gasteiger partial charge in [0.25, 0.3) is 0 Å². The number of hydrogen-bond acceptors (Lipinski definition) is 3. The van der Waals surface area contributed by atoms with E-state index in [0.717, 1.165) is 6.54 Å². The summed E-state index contributed by atoms with van der Waals surface area (Å²) in [6, 6.07) is 0. The third kappa shape index (κ3) is 2.42. The number of nitrogens with one attached hydrogen (secondary N) is 1. The molecule has 12 heavy (non-hydrogen) atoms. The van der Waals surface area contributed by atoms with Crippen LogP contribution in [-0.4, -0.2) is 18.6 Å². The fourth-order valence-electron chi connectivity index (χ4n) is 0.880. The lowest BCUT2D eigenvalue weighted by Crippen LogP contribution is -2.18. The molecule has 0 saturated heterocycles. The minimum Gasteiger partial charge on any atom is -0.459 e. The summed E-state index contributed by atoms with van der Waals surface area (Å²) in [5, 5.41) is 2.94. The van der Waals surface area contributed by atoms with Crippen LogP contribution in [0.1, 0.15) is 13.8 Å². The van der Waals surface area contributed by atoms with Crippen molar-refractivity contribution in [3.8, 4) is 0 Å². The van der Waals surface area contributed by atoms with Crippen LogP contribution in [0, 0.1) is 0 Å². The van der Waals surface area contributed by atoms with Crippen molar-refractivity contribution in [1.82, 2.24) is 5.32 Å². The molecule has 1 N–H and O–H groups in total. The van der Waals surface area contributed by atoms with Crippen LogP contribution in [0.4, 0.5) is 0 Å². The second-order valence-corrected chi connectivity index (χ2v) is 2.86. The maximum atomic E-state index is 11.2. The molecule has 3 nitrogen and oxygen atoms in total. The molecule has 0 aliphatic carbocycles. The van der Waals surface area contributed by atoms with E-state index < -0.39 is 0 Å². The van der Waals surface area contributed by atoms with Gasteiger partial charge in [-0.15, -0.1) is 0 Å². The summed E-state index contributed by atoms with van der Waals surface area (Å²) in [6.07, 6.45) is 5.26. The van der Waals surface area contributed by atoms with Crippen molar-refractivity contribution in [2.45, 2.75) is 20.0 Å². The van der Waals surface area contributed by atoms with Gasteiger partial charge in [-0.1, -0.05) is 6.08 Å². The summed E-state index contributed by atoms with van der Waals surface area (Å²) >= 11 is 0. The Hall–Kier alpha value is -1.25. The summed E-state index contributed by atoms with van der Waals surface area (Å²) in [5.41, 5.74) is 0.579. The summed E-state index contributed by atoms with van der Waals surface area (Å²) in [7, 11) is 0. The lowest BCUT2D eigenvalue weighted by molar-refractivity contribution is -0.142. The van der Waals surface area contributed by atoms with Crippen LogP contribution >= 0.6 is 0 Å². The number of ether oxygens (including phenoxy) is 1. The first-order valence-electron chi connectivity index (χ1n) is 4.01.